The molecule has 1 aromatic heterocycles. The van der Waals surface area contributed by atoms with Crippen LogP contribution in [0.5, 0.6) is 5.75 Å². The summed E-state index contributed by atoms with van der Waals surface area (Å²) >= 11 is 0. The van der Waals surface area contributed by atoms with Gasteiger partial charge in [-0.15, -0.1) is 0 Å². The van der Waals surface area contributed by atoms with Crippen molar-refractivity contribution >= 4 is 17.5 Å². The molecule has 0 unspecified atom stereocenters. The summed E-state index contributed by atoms with van der Waals surface area (Å²) in [6.07, 6.45) is 5.88. The summed E-state index contributed by atoms with van der Waals surface area (Å²) in [5, 5.41) is 3.15. The second-order valence-corrected chi connectivity index (χ2v) is 5.14. The molecule has 0 bridgehead atoms. The highest BCUT2D eigenvalue weighted by Crippen LogP contribution is 2.36. The van der Waals surface area contributed by atoms with Gasteiger partial charge < -0.3 is 20.7 Å². The van der Waals surface area contributed by atoms with Crippen molar-refractivity contribution in [1.82, 2.24) is 9.97 Å². The van der Waals surface area contributed by atoms with Crippen molar-refractivity contribution in [1.29, 1.82) is 0 Å². The molecule has 0 radical (unpaired) electrons. The summed E-state index contributed by atoms with van der Waals surface area (Å²) in [5.41, 5.74) is 5.41. The maximum atomic E-state index is 11.4. The van der Waals surface area contributed by atoms with Gasteiger partial charge in [-0.3, -0.25) is 4.79 Å². The molecule has 7 heteroatoms. The second-order valence-electron chi connectivity index (χ2n) is 5.14. The highest BCUT2D eigenvalue weighted by molar-refractivity contribution is 5.80. The fraction of sp³-hybridized carbons (Fsp3) is 0.643. The van der Waals surface area contributed by atoms with E-state index in [4.69, 9.17) is 10.5 Å². The average molecular weight is 293 g/mol. The smallest absolute Gasteiger partial charge is 0.237 e. The topological polar surface area (TPSA) is 93.4 Å². The molecule has 7 nitrogen and oxygen atoms in total. The molecule has 0 aliphatic heterocycles. The molecular weight excluding hydrogens is 270 g/mol. The van der Waals surface area contributed by atoms with Crippen molar-refractivity contribution in [3.63, 3.8) is 0 Å². The van der Waals surface area contributed by atoms with Gasteiger partial charge in [0.25, 0.3) is 0 Å². The Labute approximate surface area is 124 Å². The molecule has 1 amide bonds. The summed E-state index contributed by atoms with van der Waals surface area (Å²) in [7, 11) is 1.58. The van der Waals surface area contributed by atoms with E-state index in [1.54, 1.807) is 7.11 Å². The van der Waals surface area contributed by atoms with Crippen molar-refractivity contribution in [3.05, 3.63) is 6.33 Å². The second kappa shape index (κ2) is 7.10. The third-order valence-corrected chi connectivity index (χ3v) is 3.70. The molecule has 0 spiro atoms. The normalized spacial score (nSPS) is 15.0. The lowest BCUT2D eigenvalue weighted by Crippen LogP contribution is -2.41. The molecule has 3 N–H and O–H groups in total. The predicted octanol–water partition coefficient (Wildman–Crippen LogP) is 1.15. The van der Waals surface area contributed by atoms with Crippen LogP contribution in [-0.4, -0.2) is 42.1 Å². The number of nitrogens with one attached hydrogen (secondary N) is 1. The van der Waals surface area contributed by atoms with Gasteiger partial charge in [0, 0.05) is 12.6 Å². The number of primary amides is 1. The number of nitrogens with two attached hydrogens (primary N) is 1. The average Bonchev–Trinajstić information content (AvgIpc) is 2.98. The third-order valence-electron chi connectivity index (χ3n) is 3.70. The molecule has 2 rings (SSSR count). The van der Waals surface area contributed by atoms with Crippen LogP contribution in [-0.2, 0) is 4.79 Å². The number of carbonyl (C=O) groups is 1. The fourth-order valence-corrected chi connectivity index (χ4v) is 2.81. The Bertz CT molecular complexity index is 488. The minimum atomic E-state index is -0.368. The van der Waals surface area contributed by atoms with Crippen LogP contribution in [0.1, 0.15) is 32.6 Å². The van der Waals surface area contributed by atoms with Crippen molar-refractivity contribution in [3.8, 4) is 5.75 Å². The van der Waals surface area contributed by atoms with Gasteiger partial charge in [0.1, 0.15) is 6.33 Å². The van der Waals surface area contributed by atoms with E-state index in [0.717, 1.165) is 32.2 Å². The molecule has 1 heterocycles. The van der Waals surface area contributed by atoms with E-state index in [1.165, 1.54) is 6.33 Å². The summed E-state index contributed by atoms with van der Waals surface area (Å²) in [4.78, 5) is 21.9. The Morgan fingerprint density at radius 2 is 2.19 bits per heavy atom. The number of hydrogen-bond acceptors (Lipinski definition) is 6. The number of aromatic nitrogens is 2. The van der Waals surface area contributed by atoms with Crippen LogP contribution in [0.3, 0.4) is 0 Å². The van der Waals surface area contributed by atoms with Gasteiger partial charge in [0.2, 0.25) is 11.7 Å². The Morgan fingerprint density at radius 1 is 1.48 bits per heavy atom. The Morgan fingerprint density at radius 3 is 2.76 bits per heavy atom. The first-order chi connectivity index (χ1) is 10.2. The number of nitrogens with zero attached hydrogens (tertiary/aromatic N) is 3. The first-order valence-electron chi connectivity index (χ1n) is 7.35. The lowest BCUT2D eigenvalue weighted by atomic mass is 10.2. The zero-order valence-electron chi connectivity index (χ0n) is 12.6. The largest absolute Gasteiger partial charge is 0.490 e. The standard InChI is InChI=1S/C14H23N5O2/c1-3-16-13-12(21-2)14(18-9-17-13)19(8-11(15)20)10-6-4-5-7-10/h9-10H,3-8H2,1-2H3,(H2,15,20)(H,16,17,18). The number of anilines is 2. The van der Waals surface area contributed by atoms with Crippen LogP contribution in [0.4, 0.5) is 11.6 Å². The van der Waals surface area contributed by atoms with Crippen LogP contribution in [0.25, 0.3) is 0 Å². The molecule has 1 fully saturated rings. The number of amides is 1. The molecular formula is C14H23N5O2. The van der Waals surface area contributed by atoms with E-state index in [9.17, 15) is 4.79 Å². The van der Waals surface area contributed by atoms with Gasteiger partial charge in [0.05, 0.1) is 13.7 Å². The maximum Gasteiger partial charge on any atom is 0.237 e. The van der Waals surface area contributed by atoms with Crippen LogP contribution in [0.2, 0.25) is 0 Å². The number of carbonyl (C=O) groups excluding carboxylic acids is 1. The van der Waals surface area contributed by atoms with Crippen LogP contribution in [0, 0.1) is 0 Å². The van der Waals surface area contributed by atoms with Crippen LogP contribution >= 0.6 is 0 Å². The lowest BCUT2D eigenvalue weighted by Gasteiger charge is -2.30. The molecule has 1 saturated carbocycles. The van der Waals surface area contributed by atoms with Crippen molar-refractivity contribution < 1.29 is 9.53 Å². The summed E-state index contributed by atoms with van der Waals surface area (Å²) in [6.45, 7) is 2.86. The fourth-order valence-electron chi connectivity index (χ4n) is 2.81. The van der Waals surface area contributed by atoms with E-state index in [0.29, 0.717) is 17.4 Å². The maximum absolute atomic E-state index is 11.4. The Balaban J connectivity index is 2.37. The van der Waals surface area contributed by atoms with Gasteiger partial charge >= 0.3 is 0 Å². The van der Waals surface area contributed by atoms with E-state index in [1.807, 2.05) is 11.8 Å². The van der Waals surface area contributed by atoms with E-state index in [2.05, 4.69) is 15.3 Å². The van der Waals surface area contributed by atoms with E-state index in [-0.39, 0.29) is 18.5 Å². The van der Waals surface area contributed by atoms with Crippen molar-refractivity contribution in [2.45, 2.75) is 38.6 Å². The molecule has 21 heavy (non-hydrogen) atoms. The van der Waals surface area contributed by atoms with Crippen LogP contribution < -0.4 is 20.7 Å². The minimum Gasteiger partial charge on any atom is -0.490 e. The van der Waals surface area contributed by atoms with Gasteiger partial charge in [-0.05, 0) is 19.8 Å². The predicted molar refractivity (Wildman–Crippen MR) is 81.5 cm³/mol. The molecule has 116 valence electrons. The number of hydrogen-bond donors (Lipinski definition) is 2. The summed E-state index contributed by atoms with van der Waals surface area (Å²) in [5.74, 6) is 1.46. The van der Waals surface area contributed by atoms with Gasteiger partial charge in [-0.25, -0.2) is 9.97 Å². The Hall–Kier alpha value is -2.05. The lowest BCUT2D eigenvalue weighted by molar-refractivity contribution is -0.116. The van der Waals surface area contributed by atoms with Crippen molar-refractivity contribution in [2.75, 3.05) is 30.4 Å². The highest BCUT2D eigenvalue weighted by Gasteiger charge is 2.28. The van der Waals surface area contributed by atoms with Crippen LogP contribution in [0.15, 0.2) is 6.33 Å². The monoisotopic (exact) mass is 293 g/mol. The quantitative estimate of drug-likeness (QED) is 0.783. The SMILES string of the molecule is CCNc1ncnc(N(CC(N)=O)C2CCCC2)c1OC. The van der Waals surface area contributed by atoms with Gasteiger partial charge in [0.15, 0.2) is 11.6 Å². The van der Waals surface area contributed by atoms with Crippen molar-refractivity contribution in [2.24, 2.45) is 5.73 Å². The summed E-state index contributed by atoms with van der Waals surface area (Å²) in [6, 6.07) is 0.274. The zero-order chi connectivity index (χ0) is 15.2. The summed E-state index contributed by atoms with van der Waals surface area (Å²) < 4.78 is 5.47. The highest BCUT2D eigenvalue weighted by atomic mass is 16.5. The molecule has 0 aromatic carbocycles. The molecule has 1 aromatic rings. The zero-order valence-corrected chi connectivity index (χ0v) is 12.6. The molecule has 1 aliphatic rings. The first-order valence-corrected chi connectivity index (χ1v) is 7.35. The van der Waals surface area contributed by atoms with Gasteiger partial charge in [-0.1, -0.05) is 12.8 Å². The molecule has 1 aliphatic carbocycles. The molecule has 0 atom stereocenters. The number of rotatable bonds is 7. The molecule has 0 saturated heterocycles. The van der Waals surface area contributed by atoms with E-state index < -0.39 is 0 Å². The minimum absolute atomic E-state index is 0.142. The third kappa shape index (κ3) is 3.53. The van der Waals surface area contributed by atoms with E-state index >= 15 is 0 Å². The first kappa shape index (κ1) is 15.3. The number of methoxy groups -OCH3 is 1. The van der Waals surface area contributed by atoms with Gasteiger partial charge in [-0.2, -0.15) is 0 Å². The Kier molecular flexibility index (Phi) is 5.19. The number of ether oxygens (including phenoxy) is 1.